The number of ether oxygens (including phenoxy) is 2. The van der Waals surface area contributed by atoms with Gasteiger partial charge in [-0.15, -0.1) is 0 Å². The highest BCUT2D eigenvalue weighted by Gasteiger charge is 2.39. The Kier molecular flexibility index (Phi) is 3.71. The lowest BCUT2D eigenvalue weighted by Gasteiger charge is -2.34. The van der Waals surface area contributed by atoms with Gasteiger partial charge in [-0.1, -0.05) is 6.92 Å². The Morgan fingerprint density at radius 2 is 2.08 bits per heavy atom. The molecule has 0 amide bonds. The van der Waals surface area contributed by atoms with Crippen molar-refractivity contribution >= 4 is 11.7 Å². The number of carbonyl (C=O) groups excluding carboxylic acids is 1. The zero-order valence-corrected chi connectivity index (χ0v) is 14.4. The van der Waals surface area contributed by atoms with E-state index in [1.165, 1.54) is 6.33 Å². The molecule has 130 valence electrons. The Morgan fingerprint density at radius 1 is 1.24 bits per heavy atom. The average molecular weight is 340 g/mol. The van der Waals surface area contributed by atoms with E-state index in [0.717, 1.165) is 23.3 Å². The largest absolute Gasteiger partial charge is 0.497 e. The molecule has 2 aliphatic rings. The maximum atomic E-state index is 12.9. The number of carbonyl (C=O) groups is 1. The second-order valence-electron chi connectivity index (χ2n) is 6.49. The number of anilines is 1. The molecule has 1 aromatic carbocycles. The van der Waals surface area contributed by atoms with Crippen LogP contribution in [-0.2, 0) is 4.79 Å². The molecule has 0 spiro atoms. The first kappa shape index (κ1) is 15.7. The zero-order chi connectivity index (χ0) is 17.6. The zero-order valence-electron chi connectivity index (χ0n) is 14.4. The fourth-order valence-electron chi connectivity index (χ4n) is 3.69. The highest BCUT2D eigenvalue weighted by Crippen LogP contribution is 2.44. The van der Waals surface area contributed by atoms with Gasteiger partial charge in [0.25, 0.3) is 0 Å². The van der Waals surface area contributed by atoms with Crippen molar-refractivity contribution in [3.63, 3.8) is 0 Å². The average Bonchev–Trinajstić information content (AvgIpc) is 3.07. The quantitative estimate of drug-likeness (QED) is 0.925. The summed E-state index contributed by atoms with van der Waals surface area (Å²) < 4.78 is 12.7. The van der Waals surface area contributed by atoms with E-state index in [1.807, 2.05) is 18.2 Å². The van der Waals surface area contributed by atoms with Crippen molar-refractivity contribution in [1.29, 1.82) is 0 Å². The number of aromatic nitrogens is 3. The third-order valence-corrected chi connectivity index (χ3v) is 4.80. The summed E-state index contributed by atoms with van der Waals surface area (Å²) in [5, 5.41) is 7.63. The van der Waals surface area contributed by atoms with Crippen LogP contribution in [0.3, 0.4) is 0 Å². The molecule has 2 heterocycles. The number of rotatable bonds is 3. The molecule has 1 N–H and O–H groups in total. The molecule has 0 unspecified atom stereocenters. The van der Waals surface area contributed by atoms with Crippen LogP contribution in [0.1, 0.15) is 31.4 Å². The summed E-state index contributed by atoms with van der Waals surface area (Å²) >= 11 is 0. The molecule has 25 heavy (non-hydrogen) atoms. The summed E-state index contributed by atoms with van der Waals surface area (Å²) in [6.45, 7) is 2.09. The fourth-order valence-corrected chi connectivity index (χ4v) is 3.69. The van der Waals surface area contributed by atoms with Gasteiger partial charge in [-0.2, -0.15) is 10.1 Å². The molecule has 2 atom stereocenters. The van der Waals surface area contributed by atoms with Crippen molar-refractivity contribution in [1.82, 2.24) is 14.8 Å². The predicted octanol–water partition coefficient (Wildman–Crippen LogP) is 2.56. The lowest BCUT2D eigenvalue weighted by molar-refractivity contribution is -0.117. The number of ketones is 1. The van der Waals surface area contributed by atoms with E-state index in [1.54, 1.807) is 18.9 Å². The van der Waals surface area contributed by atoms with E-state index in [-0.39, 0.29) is 11.8 Å². The summed E-state index contributed by atoms with van der Waals surface area (Å²) in [4.78, 5) is 17.2. The van der Waals surface area contributed by atoms with Crippen LogP contribution in [0.5, 0.6) is 11.5 Å². The van der Waals surface area contributed by atoms with Gasteiger partial charge in [0.2, 0.25) is 5.95 Å². The van der Waals surface area contributed by atoms with Gasteiger partial charge in [-0.25, -0.2) is 4.68 Å². The fraction of sp³-hybridized carbons (Fsp3) is 0.389. The van der Waals surface area contributed by atoms with Gasteiger partial charge in [0.15, 0.2) is 5.78 Å². The van der Waals surface area contributed by atoms with E-state index in [2.05, 4.69) is 22.3 Å². The molecule has 0 saturated heterocycles. The van der Waals surface area contributed by atoms with E-state index in [4.69, 9.17) is 9.47 Å². The molecule has 0 fully saturated rings. The summed E-state index contributed by atoms with van der Waals surface area (Å²) in [5.41, 5.74) is 2.51. The molecule has 2 aromatic rings. The van der Waals surface area contributed by atoms with Gasteiger partial charge in [0.1, 0.15) is 23.9 Å². The molecule has 7 nitrogen and oxygen atoms in total. The number of nitrogens with one attached hydrogen (secondary N) is 1. The molecule has 1 aliphatic carbocycles. The van der Waals surface area contributed by atoms with Gasteiger partial charge in [-0.3, -0.25) is 4.79 Å². The molecule has 0 bridgehead atoms. The van der Waals surface area contributed by atoms with Gasteiger partial charge in [0, 0.05) is 23.3 Å². The van der Waals surface area contributed by atoms with E-state index >= 15 is 0 Å². The first-order chi connectivity index (χ1) is 12.1. The lowest BCUT2D eigenvalue weighted by atomic mass is 9.81. The van der Waals surface area contributed by atoms with Crippen LogP contribution in [0, 0.1) is 5.92 Å². The molecular formula is C18H20N4O3. The van der Waals surface area contributed by atoms with Gasteiger partial charge < -0.3 is 14.8 Å². The Morgan fingerprint density at radius 3 is 2.84 bits per heavy atom. The highest BCUT2D eigenvalue weighted by molar-refractivity contribution is 5.99. The van der Waals surface area contributed by atoms with Crippen molar-refractivity contribution in [2.75, 3.05) is 19.5 Å². The smallest absolute Gasteiger partial charge is 0.226 e. The molecule has 4 rings (SSSR count). The van der Waals surface area contributed by atoms with Crippen LogP contribution in [0.2, 0.25) is 0 Å². The van der Waals surface area contributed by atoms with Crippen LogP contribution < -0.4 is 14.8 Å². The normalized spacial score (nSPS) is 22.1. The van der Waals surface area contributed by atoms with Crippen LogP contribution in [-0.4, -0.2) is 34.8 Å². The Balaban J connectivity index is 1.94. The molecule has 0 radical (unpaired) electrons. The number of Topliss-reactive ketones (excluding diaryl/α,β-unsaturated/α-hetero) is 1. The maximum absolute atomic E-state index is 12.9. The Bertz CT molecular complexity index is 871. The van der Waals surface area contributed by atoms with Crippen molar-refractivity contribution in [2.45, 2.75) is 25.8 Å². The summed E-state index contributed by atoms with van der Waals surface area (Å²) in [6.07, 6.45) is 2.85. The SMILES string of the molecule is COc1ccc(OC)c([C@@H]2C3=C(C[C@H](C)CC3=O)Nc3ncnn32)c1. The van der Waals surface area contributed by atoms with Crippen molar-refractivity contribution < 1.29 is 14.3 Å². The number of allylic oxidation sites excluding steroid dienone is 2. The van der Waals surface area contributed by atoms with Crippen LogP contribution in [0.4, 0.5) is 5.95 Å². The maximum Gasteiger partial charge on any atom is 0.226 e. The minimum atomic E-state index is -0.376. The number of fused-ring (bicyclic) bond motifs is 1. The number of hydrogen-bond acceptors (Lipinski definition) is 6. The lowest BCUT2D eigenvalue weighted by Crippen LogP contribution is -2.33. The monoisotopic (exact) mass is 340 g/mol. The van der Waals surface area contributed by atoms with Crippen molar-refractivity contribution in [3.8, 4) is 11.5 Å². The van der Waals surface area contributed by atoms with Crippen molar-refractivity contribution in [3.05, 3.63) is 41.4 Å². The first-order valence-electron chi connectivity index (χ1n) is 8.27. The highest BCUT2D eigenvalue weighted by atomic mass is 16.5. The van der Waals surface area contributed by atoms with Gasteiger partial charge in [-0.05, 0) is 30.5 Å². The number of methoxy groups -OCH3 is 2. The van der Waals surface area contributed by atoms with Gasteiger partial charge >= 0.3 is 0 Å². The second-order valence-corrected chi connectivity index (χ2v) is 6.49. The molecule has 7 heteroatoms. The Labute approximate surface area is 145 Å². The van der Waals surface area contributed by atoms with Crippen LogP contribution in [0.25, 0.3) is 0 Å². The topological polar surface area (TPSA) is 78.3 Å². The minimum absolute atomic E-state index is 0.136. The first-order valence-corrected chi connectivity index (χ1v) is 8.27. The summed E-state index contributed by atoms with van der Waals surface area (Å²) in [6, 6.07) is 5.21. The van der Waals surface area contributed by atoms with Crippen LogP contribution >= 0.6 is 0 Å². The Hall–Kier alpha value is -2.83. The number of nitrogens with zero attached hydrogens (tertiary/aromatic N) is 3. The molecular weight excluding hydrogens is 320 g/mol. The van der Waals surface area contributed by atoms with E-state index in [9.17, 15) is 4.79 Å². The summed E-state index contributed by atoms with van der Waals surface area (Å²) in [5.74, 6) is 2.47. The number of benzene rings is 1. The predicted molar refractivity (Wildman–Crippen MR) is 91.8 cm³/mol. The van der Waals surface area contributed by atoms with E-state index in [0.29, 0.717) is 29.8 Å². The standard InChI is InChI=1S/C18H20N4O3/c1-10-6-13-16(14(23)7-10)17(22-18(21-13)19-9-20-22)12-8-11(24-2)4-5-15(12)25-3/h4-5,8-10,17H,6-7H2,1-3H3,(H,19,20,21)/t10-,17+/m0/s1. The minimum Gasteiger partial charge on any atom is -0.497 e. The molecule has 1 aliphatic heterocycles. The van der Waals surface area contributed by atoms with Crippen molar-refractivity contribution in [2.24, 2.45) is 5.92 Å². The van der Waals surface area contributed by atoms with E-state index < -0.39 is 0 Å². The van der Waals surface area contributed by atoms with Crippen LogP contribution in [0.15, 0.2) is 35.8 Å². The van der Waals surface area contributed by atoms with Gasteiger partial charge in [0.05, 0.1) is 14.2 Å². The third-order valence-electron chi connectivity index (χ3n) is 4.80. The molecule has 1 aromatic heterocycles. The second kappa shape index (κ2) is 5.91. The third kappa shape index (κ3) is 2.47. The summed E-state index contributed by atoms with van der Waals surface area (Å²) in [7, 11) is 3.24. The molecule has 0 saturated carbocycles. The number of hydrogen-bond donors (Lipinski definition) is 1.